The summed E-state index contributed by atoms with van der Waals surface area (Å²) in [5.41, 5.74) is 0. The number of aliphatic carboxylic acids is 1. The number of carbonyl (C=O) groups is 4. The molecular formula is C20H24O10S. The molecule has 5 unspecified atom stereocenters. The molecule has 5 atom stereocenters. The highest BCUT2D eigenvalue weighted by Crippen LogP contribution is 2.34. The molecule has 0 bridgehead atoms. The van der Waals surface area contributed by atoms with E-state index in [1.807, 2.05) is 0 Å². The van der Waals surface area contributed by atoms with Gasteiger partial charge in [0.1, 0.15) is 11.9 Å². The zero-order valence-electron chi connectivity index (χ0n) is 17.3. The molecule has 1 saturated heterocycles. The van der Waals surface area contributed by atoms with Gasteiger partial charge >= 0.3 is 23.9 Å². The van der Waals surface area contributed by atoms with E-state index >= 15 is 0 Å². The van der Waals surface area contributed by atoms with Gasteiger partial charge in [0.2, 0.25) is 12.4 Å². The number of carboxylic acid groups (broad SMARTS) is 1. The molecule has 1 aromatic heterocycles. The van der Waals surface area contributed by atoms with Crippen molar-refractivity contribution < 1.29 is 48.0 Å². The normalized spacial score (nSPS) is 25.2. The van der Waals surface area contributed by atoms with E-state index in [2.05, 4.69) is 6.58 Å². The van der Waals surface area contributed by atoms with Gasteiger partial charge in [0.05, 0.1) is 4.88 Å². The van der Waals surface area contributed by atoms with Crippen LogP contribution in [0, 0.1) is 0 Å². The predicted molar refractivity (Wildman–Crippen MR) is 107 cm³/mol. The first-order chi connectivity index (χ1) is 14.6. The summed E-state index contributed by atoms with van der Waals surface area (Å²) in [4.78, 5) is 47.0. The Balaban J connectivity index is 2.45. The summed E-state index contributed by atoms with van der Waals surface area (Å²) in [6, 6.07) is 1.65. The Morgan fingerprint density at radius 1 is 1.06 bits per heavy atom. The van der Waals surface area contributed by atoms with Gasteiger partial charge in [0.25, 0.3) is 0 Å². The van der Waals surface area contributed by atoms with Crippen molar-refractivity contribution in [3.05, 3.63) is 22.9 Å². The van der Waals surface area contributed by atoms with Crippen LogP contribution in [0.15, 0.2) is 18.0 Å². The molecule has 170 valence electrons. The summed E-state index contributed by atoms with van der Waals surface area (Å²) in [5.74, 6) is -2.86. The van der Waals surface area contributed by atoms with E-state index in [1.165, 1.54) is 11.3 Å². The van der Waals surface area contributed by atoms with Crippen LogP contribution >= 0.6 is 11.3 Å². The average molecular weight is 456 g/mol. The van der Waals surface area contributed by atoms with E-state index in [-0.39, 0.29) is 12.8 Å². The number of hydrogen-bond acceptors (Lipinski definition) is 10. The zero-order chi connectivity index (χ0) is 23.1. The molecule has 0 aliphatic carbocycles. The van der Waals surface area contributed by atoms with Gasteiger partial charge < -0.3 is 28.8 Å². The van der Waals surface area contributed by atoms with Gasteiger partial charge in [0.15, 0.2) is 12.2 Å². The summed E-state index contributed by atoms with van der Waals surface area (Å²) in [6.45, 7) is 7.13. The van der Waals surface area contributed by atoms with Crippen molar-refractivity contribution in [3.8, 4) is 5.75 Å². The number of esters is 3. The Morgan fingerprint density at radius 3 is 2.19 bits per heavy atom. The molecule has 0 amide bonds. The maximum absolute atomic E-state index is 11.8. The fourth-order valence-electron chi connectivity index (χ4n) is 3.13. The van der Waals surface area contributed by atoms with E-state index in [0.29, 0.717) is 10.6 Å². The molecule has 11 heteroatoms. The molecule has 2 heterocycles. The highest BCUT2D eigenvalue weighted by molar-refractivity contribution is 7.11. The van der Waals surface area contributed by atoms with Crippen LogP contribution in [0.4, 0.5) is 0 Å². The molecule has 2 rings (SSSR count). The third kappa shape index (κ3) is 6.79. The standard InChI is InChI=1S/C20H24O10S/c1-5-15-13(8-9-31-15)29-20-19(28-12(4)23)18(27-11(3)22)17(26-10(2)21)14(30-20)6-7-16(24)25/h5,8-9,14,17-20H,1,6-7H2,2-4H3,(H,24,25). The number of carbonyl (C=O) groups excluding carboxylic acids is 3. The molecule has 10 nitrogen and oxygen atoms in total. The van der Waals surface area contributed by atoms with Gasteiger partial charge in [-0.15, -0.1) is 11.3 Å². The van der Waals surface area contributed by atoms with E-state index in [1.54, 1.807) is 17.5 Å². The SMILES string of the molecule is C=Cc1sccc1OC1OC(CCC(=O)O)C(OC(C)=O)C(OC(C)=O)C1OC(C)=O. The van der Waals surface area contributed by atoms with E-state index in [4.69, 9.17) is 28.8 Å². The quantitative estimate of drug-likeness (QED) is 0.435. The first-order valence-electron chi connectivity index (χ1n) is 9.37. The summed E-state index contributed by atoms with van der Waals surface area (Å²) in [6.07, 6.45) is -4.88. The first kappa shape index (κ1) is 24.4. The lowest BCUT2D eigenvalue weighted by Crippen LogP contribution is -2.62. The fourth-order valence-corrected chi connectivity index (χ4v) is 3.80. The molecule has 0 radical (unpaired) electrons. The van der Waals surface area contributed by atoms with Gasteiger partial charge in [-0.1, -0.05) is 6.58 Å². The van der Waals surface area contributed by atoms with Gasteiger partial charge in [0, 0.05) is 27.2 Å². The molecule has 1 aliphatic heterocycles. The van der Waals surface area contributed by atoms with Gasteiger partial charge in [-0.25, -0.2) is 0 Å². The smallest absolute Gasteiger partial charge is 0.303 e. The minimum atomic E-state index is -1.29. The fraction of sp³-hybridized carbons (Fsp3) is 0.500. The largest absolute Gasteiger partial charge is 0.481 e. The molecule has 1 N–H and O–H groups in total. The number of rotatable bonds is 9. The van der Waals surface area contributed by atoms with Crippen LogP contribution in [0.1, 0.15) is 38.5 Å². The lowest BCUT2D eigenvalue weighted by Gasteiger charge is -2.44. The maximum atomic E-state index is 11.8. The molecule has 0 saturated carbocycles. The lowest BCUT2D eigenvalue weighted by molar-refractivity contribution is -0.284. The molecular weight excluding hydrogens is 432 g/mol. The van der Waals surface area contributed by atoms with Crippen molar-refractivity contribution in [1.82, 2.24) is 0 Å². The minimum Gasteiger partial charge on any atom is -0.481 e. The molecule has 31 heavy (non-hydrogen) atoms. The highest BCUT2D eigenvalue weighted by atomic mass is 32.1. The minimum absolute atomic E-state index is 0.0738. The third-order valence-electron chi connectivity index (χ3n) is 4.23. The Morgan fingerprint density at radius 2 is 1.65 bits per heavy atom. The summed E-state index contributed by atoms with van der Waals surface area (Å²) in [7, 11) is 0. The zero-order valence-corrected chi connectivity index (χ0v) is 18.1. The predicted octanol–water partition coefficient (Wildman–Crippen LogP) is 2.15. The van der Waals surface area contributed by atoms with Crippen molar-refractivity contribution in [2.24, 2.45) is 0 Å². The van der Waals surface area contributed by atoms with Crippen molar-refractivity contribution in [2.75, 3.05) is 0 Å². The second-order valence-electron chi connectivity index (χ2n) is 6.67. The van der Waals surface area contributed by atoms with Gasteiger partial charge in [-0.05, 0) is 23.9 Å². The summed E-state index contributed by atoms with van der Waals surface area (Å²) < 4.78 is 27.7. The number of hydrogen-bond donors (Lipinski definition) is 1. The van der Waals surface area contributed by atoms with Crippen molar-refractivity contribution in [1.29, 1.82) is 0 Å². The number of thiophene rings is 1. The van der Waals surface area contributed by atoms with Crippen LogP contribution < -0.4 is 4.74 Å². The van der Waals surface area contributed by atoms with Crippen LogP contribution in [0.5, 0.6) is 5.75 Å². The lowest BCUT2D eigenvalue weighted by atomic mass is 9.95. The van der Waals surface area contributed by atoms with Crippen LogP contribution in [-0.4, -0.2) is 59.7 Å². The topological polar surface area (TPSA) is 135 Å². The second-order valence-corrected chi connectivity index (χ2v) is 7.62. The molecule has 1 aromatic rings. The summed E-state index contributed by atoms with van der Waals surface area (Å²) >= 11 is 1.35. The second kappa shape index (κ2) is 10.9. The molecule has 1 fully saturated rings. The molecule has 1 aliphatic rings. The highest BCUT2D eigenvalue weighted by Gasteiger charge is 2.53. The Labute approximate surface area is 182 Å². The Bertz CT molecular complexity index is 832. The monoisotopic (exact) mass is 456 g/mol. The van der Waals surface area contributed by atoms with Crippen molar-refractivity contribution >= 4 is 41.3 Å². The van der Waals surface area contributed by atoms with Crippen LogP contribution in [0.3, 0.4) is 0 Å². The van der Waals surface area contributed by atoms with Gasteiger partial charge in [-0.3, -0.25) is 19.2 Å². The maximum Gasteiger partial charge on any atom is 0.303 e. The summed E-state index contributed by atoms with van der Waals surface area (Å²) in [5, 5.41) is 10.8. The van der Waals surface area contributed by atoms with Crippen molar-refractivity contribution in [2.45, 2.75) is 64.3 Å². The van der Waals surface area contributed by atoms with Gasteiger partial charge in [-0.2, -0.15) is 0 Å². The number of carboxylic acids is 1. The van der Waals surface area contributed by atoms with Crippen LogP contribution in [-0.2, 0) is 38.1 Å². The Hall–Kier alpha value is -2.92. The van der Waals surface area contributed by atoms with E-state index < -0.39 is 54.6 Å². The van der Waals surface area contributed by atoms with E-state index in [9.17, 15) is 19.2 Å². The Kier molecular flexibility index (Phi) is 8.57. The third-order valence-corrected chi connectivity index (χ3v) is 5.12. The van der Waals surface area contributed by atoms with Crippen LogP contribution in [0.2, 0.25) is 0 Å². The molecule has 0 aromatic carbocycles. The molecule has 0 spiro atoms. The van der Waals surface area contributed by atoms with E-state index in [0.717, 1.165) is 20.8 Å². The average Bonchev–Trinajstić information content (AvgIpc) is 3.11. The first-order valence-corrected chi connectivity index (χ1v) is 10.3. The van der Waals surface area contributed by atoms with Crippen molar-refractivity contribution in [3.63, 3.8) is 0 Å². The number of ether oxygens (including phenoxy) is 5. The van der Waals surface area contributed by atoms with Crippen LogP contribution in [0.25, 0.3) is 6.08 Å².